The highest BCUT2D eigenvalue weighted by Crippen LogP contribution is 2.26. The third kappa shape index (κ3) is 3.96. The van der Waals surface area contributed by atoms with Gasteiger partial charge in [0, 0.05) is 7.05 Å². The SMILES string of the molecule is Cn1c(C(F)(F)F)nn(Cc2ccc(OCc3ccccc3)cc2)c1=O. The summed E-state index contributed by atoms with van der Waals surface area (Å²) in [5.41, 5.74) is 0.851. The van der Waals surface area contributed by atoms with Crippen LogP contribution in [-0.4, -0.2) is 14.3 Å². The average molecular weight is 363 g/mol. The molecule has 0 aliphatic carbocycles. The van der Waals surface area contributed by atoms with Crippen molar-refractivity contribution in [2.75, 3.05) is 0 Å². The van der Waals surface area contributed by atoms with Crippen LogP contribution in [0.25, 0.3) is 0 Å². The first-order valence-electron chi connectivity index (χ1n) is 7.81. The van der Waals surface area contributed by atoms with Crippen LogP contribution in [0.4, 0.5) is 13.2 Å². The van der Waals surface area contributed by atoms with Gasteiger partial charge in [0.2, 0.25) is 5.82 Å². The van der Waals surface area contributed by atoms with Crippen LogP contribution in [0, 0.1) is 0 Å². The zero-order chi connectivity index (χ0) is 18.7. The molecule has 5 nitrogen and oxygen atoms in total. The van der Waals surface area contributed by atoms with Gasteiger partial charge in [-0.1, -0.05) is 42.5 Å². The van der Waals surface area contributed by atoms with Crippen LogP contribution in [-0.2, 0) is 26.4 Å². The molecule has 0 radical (unpaired) electrons. The standard InChI is InChI=1S/C18H16F3N3O2/c1-23-16(18(19,20)21)22-24(17(23)25)11-13-7-9-15(10-8-13)26-12-14-5-3-2-4-6-14/h2-10H,11-12H2,1H3. The molecular weight excluding hydrogens is 347 g/mol. The lowest BCUT2D eigenvalue weighted by Crippen LogP contribution is -2.24. The van der Waals surface area contributed by atoms with Gasteiger partial charge < -0.3 is 4.74 Å². The summed E-state index contributed by atoms with van der Waals surface area (Å²) in [4.78, 5) is 11.9. The zero-order valence-corrected chi connectivity index (χ0v) is 13.9. The first-order valence-corrected chi connectivity index (χ1v) is 7.81. The second-order valence-electron chi connectivity index (χ2n) is 5.74. The van der Waals surface area contributed by atoms with E-state index in [2.05, 4.69) is 5.10 Å². The molecule has 0 amide bonds. The number of rotatable bonds is 5. The fourth-order valence-corrected chi connectivity index (χ4v) is 2.44. The van der Waals surface area contributed by atoms with E-state index in [1.807, 2.05) is 30.3 Å². The molecule has 26 heavy (non-hydrogen) atoms. The predicted octanol–water partition coefficient (Wildman–Crippen LogP) is 3.23. The zero-order valence-electron chi connectivity index (χ0n) is 13.9. The second-order valence-corrected chi connectivity index (χ2v) is 5.74. The number of ether oxygens (including phenoxy) is 1. The summed E-state index contributed by atoms with van der Waals surface area (Å²) < 4.78 is 45.4. The number of aromatic nitrogens is 3. The quantitative estimate of drug-likeness (QED) is 0.699. The predicted molar refractivity (Wildman–Crippen MR) is 88.8 cm³/mol. The summed E-state index contributed by atoms with van der Waals surface area (Å²) in [5, 5.41) is 3.39. The Hall–Kier alpha value is -3.03. The van der Waals surface area contributed by atoms with Crippen molar-refractivity contribution in [3.8, 4) is 5.75 Å². The minimum Gasteiger partial charge on any atom is -0.489 e. The van der Waals surface area contributed by atoms with Gasteiger partial charge in [-0.25, -0.2) is 9.48 Å². The topological polar surface area (TPSA) is 49.0 Å². The highest BCUT2D eigenvalue weighted by molar-refractivity contribution is 5.28. The molecule has 8 heteroatoms. The molecule has 0 aliphatic heterocycles. The Morgan fingerprint density at radius 1 is 1.00 bits per heavy atom. The molecule has 0 saturated heterocycles. The maximum absolute atomic E-state index is 12.8. The van der Waals surface area contributed by atoms with Gasteiger partial charge in [-0.3, -0.25) is 4.57 Å². The highest BCUT2D eigenvalue weighted by Gasteiger charge is 2.37. The number of benzene rings is 2. The molecule has 1 aromatic heterocycles. The summed E-state index contributed by atoms with van der Waals surface area (Å²) in [6.07, 6.45) is -4.67. The van der Waals surface area contributed by atoms with Crippen molar-refractivity contribution in [2.24, 2.45) is 7.05 Å². The minimum atomic E-state index is -4.67. The van der Waals surface area contributed by atoms with Crippen molar-refractivity contribution < 1.29 is 17.9 Å². The molecule has 2 aromatic carbocycles. The Kier molecular flexibility index (Phi) is 4.83. The third-order valence-electron chi connectivity index (χ3n) is 3.80. The summed E-state index contributed by atoms with van der Waals surface area (Å²) in [7, 11) is 1.05. The van der Waals surface area contributed by atoms with E-state index in [1.165, 1.54) is 0 Å². The Morgan fingerprint density at radius 2 is 1.65 bits per heavy atom. The maximum atomic E-state index is 12.8. The third-order valence-corrected chi connectivity index (χ3v) is 3.80. The number of halogens is 3. The van der Waals surface area contributed by atoms with Crippen molar-refractivity contribution in [1.82, 2.24) is 14.3 Å². The number of hydrogen-bond acceptors (Lipinski definition) is 3. The van der Waals surface area contributed by atoms with Crippen molar-refractivity contribution in [3.63, 3.8) is 0 Å². The van der Waals surface area contributed by atoms with Crippen LogP contribution in [0.5, 0.6) is 5.75 Å². The van der Waals surface area contributed by atoms with E-state index in [1.54, 1.807) is 24.3 Å². The van der Waals surface area contributed by atoms with E-state index < -0.39 is 17.7 Å². The van der Waals surface area contributed by atoms with Gasteiger partial charge >= 0.3 is 11.9 Å². The van der Waals surface area contributed by atoms with Gasteiger partial charge in [-0.15, -0.1) is 5.10 Å². The van der Waals surface area contributed by atoms with Crippen molar-refractivity contribution in [3.05, 3.63) is 82.0 Å². The normalized spacial score (nSPS) is 11.5. The van der Waals surface area contributed by atoms with Crippen molar-refractivity contribution in [1.29, 1.82) is 0 Å². The molecule has 136 valence electrons. The summed E-state index contributed by atoms with van der Waals surface area (Å²) in [6.45, 7) is 0.358. The molecule has 0 N–H and O–H groups in total. The minimum absolute atomic E-state index is 0.0539. The molecule has 0 fully saturated rings. The van der Waals surface area contributed by atoms with Crippen molar-refractivity contribution >= 4 is 0 Å². The summed E-state index contributed by atoms with van der Waals surface area (Å²) >= 11 is 0. The van der Waals surface area contributed by atoms with Crippen LogP contribution < -0.4 is 10.4 Å². The Balaban J connectivity index is 1.69. The van der Waals surface area contributed by atoms with E-state index in [-0.39, 0.29) is 6.54 Å². The molecule has 0 atom stereocenters. The molecule has 3 aromatic rings. The molecule has 0 spiro atoms. The molecule has 0 unspecified atom stereocenters. The molecule has 0 aliphatic rings. The van der Waals surface area contributed by atoms with E-state index in [0.29, 0.717) is 22.5 Å². The van der Waals surface area contributed by atoms with Gasteiger partial charge in [0.25, 0.3) is 0 Å². The first kappa shape index (κ1) is 17.8. The number of alkyl halides is 3. The Bertz CT molecular complexity index is 929. The van der Waals surface area contributed by atoms with Crippen LogP contribution in [0.2, 0.25) is 0 Å². The van der Waals surface area contributed by atoms with Crippen molar-refractivity contribution in [2.45, 2.75) is 19.3 Å². The number of hydrogen-bond donors (Lipinski definition) is 0. The van der Waals surface area contributed by atoms with Gasteiger partial charge in [-0.2, -0.15) is 13.2 Å². The van der Waals surface area contributed by atoms with E-state index in [4.69, 9.17) is 4.74 Å². The maximum Gasteiger partial charge on any atom is 0.451 e. The van der Waals surface area contributed by atoms with Crippen LogP contribution in [0.3, 0.4) is 0 Å². The average Bonchev–Trinajstić information content (AvgIpc) is 2.91. The number of nitrogens with zero attached hydrogens (tertiary/aromatic N) is 3. The molecule has 1 heterocycles. The summed E-state index contributed by atoms with van der Waals surface area (Å²) in [6, 6.07) is 16.4. The lowest BCUT2D eigenvalue weighted by Gasteiger charge is -2.07. The van der Waals surface area contributed by atoms with E-state index in [0.717, 1.165) is 17.3 Å². The second kappa shape index (κ2) is 7.07. The van der Waals surface area contributed by atoms with E-state index >= 15 is 0 Å². The molecule has 0 saturated carbocycles. The Morgan fingerprint density at radius 3 is 2.23 bits per heavy atom. The Labute approximate surface area is 147 Å². The largest absolute Gasteiger partial charge is 0.489 e. The first-order chi connectivity index (χ1) is 12.3. The molecule has 0 bridgehead atoms. The fourth-order valence-electron chi connectivity index (χ4n) is 2.44. The monoisotopic (exact) mass is 363 g/mol. The highest BCUT2D eigenvalue weighted by atomic mass is 19.4. The van der Waals surface area contributed by atoms with Gasteiger partial charge in [0.1, 0.15) is 12.4 Å². The van der Waals surface area contributed by atoms with Gasteiger partial charge in [0.15, 0.2) is 0 Å². The lowest BCUT2D eigenvalue weighted by atomic mass is 10.2. The van der Waals surface area contributed by atoms with Gasteiger partial charge in [0.05, 0.1) is 6.54 Å². The summed E-state index contributed by atoms with van der Waals surface area (Å²) in [5.74, 6) is -0.590. The van der Waals surface area contributed by atoms with Crippen LogP contribution in [0.1, 0.15) is 17.0 Å². The molecule has 3 rings (SSSR count). The van der Waals surface area contributed by atoms with Crippen LogP contribution >= 0.6 is 0 Å². The lowest BCUT2D eigenvalue weighted by molar-refractivity contribution is -0.147. The van der Waals surface area contributed by atoms with E-state index in [9.17, 15) is 18.0 Å². The smallest absolute Gasteiger partial charge is 0.451 e. The molecular formula is C18H16F3N3O2. The van der Waals surface area contributed by atoms with Crippen LogP contribution in [0.15, 0.2) is 59.4 Å². The van der Waals surface area contributed by atoms with Gasteiger partial charge in [-0.05, 0) is 23.3 Å². The fraction of sp³-hybridized carbons (Fsp3) is 0.222.